The van der Waals surface area contributed by atoms with Gasteiger partial charge < -0.3 is 4.42 Å². The van der Waals surface area contributed by atoms with Crippen LogP contribution in [0, 0.1) is 0 Å². The number of hydrazone groups is 1. The van der Waals surface area contributed by atoms with Crippen molar-refractivity contribution < 1.29 is 17.6 Å². The first-order valence-electron chi connectivity index (χ1n) is 7.73. The summed E-state index contributed by atoms with van der Waals surface area (Å²) >= 11 is 8.98. The second-order valence-electron chi connectivity index (χ2n) is 5.60. The molecule has 1 amide bonds. The maximum absolute atomic E-state index is 12.8. The average Bonchev–Trinajstić information content (AvgIpc) is 3.24. The van der Waals surface area contributed by atoms with Crippen molar-refractivity contribution in [1.82, 2.24) is 9.73 Å². The topological polar surface area (TPSA) is 92.0 Å². The van der Waals surface area contributed by atoms with Gasteiger partial charge in [0.2, 0.25) is 10.0 Å². The molecule has 138 valence electrons. The van der Waals surface area contributed by atoms with Crippen LogP contribution in [0.1, 0.15) is 18.6 Å². The lowest BCUT2D eigenvalue weighted by molar-refractivity contribution is -0.124. The lowest BCUT2D eigenvalue weighted by atomic mass is 10.2. The van der Waals surface area contributed by atoms with Crippen molar-refractivity contribution in [3.05, 3.63) is 51.9 Å². The van der Waals surface area contributed by atoms with Crippen LogP contribution in [0.15, 0.2) is 55.5 Å². The molecule has 0 bridgehead atoms. The predicted molar refractivity (Wildman–Crippen MR) is 101 cm³/mol. The van der Waals surface area contributed by atoms with E-state index in [1.54, 1.807) is 12.1 Å². The fraction of sp³-hybridized carbons (Fsp3) is 0.250. The van der Waals surface area contributed by atoms with Crippen LogP contribution in [0.5, 0.6) is 0 Å². The minimum Gasteiger partial charge on any atom is -0.448 e. The zero-order valence-corrected chi connectivity index (χ0v) is 16.6. The fourth-order valence-corrected chi connectivity index (χ4v) is 4.77. The molecule has 0 saturated carbocycles. The van der Waals surface area contributed by atoms with Crippen LogP contribution in [-0.2, 0) is 14.8 Å². The van der Waals surface area contributed by atoms with Gasteiger partial charge in [-0.25, -0.2) is 13.8 Å². The first kappa shape index (κ1) is 19.1. The van der Waals surface area contributed by atoms with Gasteiger partial charge in [0.15, 0.2) is 4.67 Å². The van der Waals surface area contributed by atoms with Gasteiger partial charge in [-0.15, -0.1) is 0 Å². The Morgan fingerprint density at radius 3 is 2.69 bits per heavy atom. The number of amides is 1. The van der Waals surface area contributed by atoms with Crippen LogP contribution in [-0.4, -0.2) is 37.4 Å². The van der Waals surface area contributed by atoms with Gasteiger partial charge in [0, 0.05) is 11.6 Å². The van der Waals surface area contributed by atoms with E-state index in [-0.39, 0.29) is 11.4 Å². The molecule has 26 heavy (non-hydrogen) atoms. The maximum Gasteiger partial charge on any atom is 0.258 e. The van der Waals surface area contributed by atoms with E-state index >= 15 is 0 Å². The first-order chi connectivity index (χ1) is 12.4. The van der Waals surface area contributed by atoms with Crippen molar-refractivity contribution in [3.8, 4) is 0 Å². The molecule has 1 fully saturated rings. The monoisotopic (exact) mass is 459 g/mol. The molecular formula is C16H15BrClN3O4S. The maximum atomic E-state index is 12.8. The van der Waals surface area contributed by atoms with E-state index in [9.17, 15) is 13.2 Å². The van der Waals surface area contributed by atoms with E-state index in [4.69, 9.17) is 16.0 Å². The SMILES string of the molecule is O=C(N/N=C/c1ccc(Br)o1)C1CCCN1S(=O)(=O)c1ccc(Cl)cc1. The standard InChI is InChI=1S/C16H15BrClN3O4S/c17-15-8-5-12(25-15)10-19-20-16(22)14-2-1-9-21(14)26(23,24)13-6-3-11(18)4-7-13/h3-8,10,14H,1-2,9H2,(H,20,22)/b19-10+. The molecular weight excluding hydrogens is 446 g/mol. The quantitative estimate of drug-likeness (QED) is 0.548. The average molecular weight is 461 g/mol. The summed E-state index contributed by atoms with van der Waals surface area (Å²) in [5.41, 5.74) is 2.37. The fourth-order valence-electron chi connectivity index (χ4n) is 2.66. The van der Waals surface area contributed by atoms with E-state index in [1.165, 1.54) is 34.8 Å². The second-order valence-corrected chi connectivity index (χ2v) is 8.71. The second kappa shape index (κ2) is 7.91. The zero-order chi connectivity index (χ0) is 18.7. The van der Waals surface area contributed by atoms with Gasteiger partial charge in [-0.05, 0) is 65.2 Å². The largest absolute Gasteiger partial charge is 0.448 e. The third-order valence-electron chi connectivity index (χ3n) is 3.89. The Balaban J connectivity index is 1.71. The van der Waals surface area contributed by atoms with E-state index in [1.807, 2.05) is 0 Å². The van der Waals surface area contributed by atoms with Gasteiger partial charge in [0.05, 0.1) is 11.1 Å². The number of rotatable bonds is 5. The highest BCUT2D eigenvalue weighted by Crippen LogP contribution is 2.27. The van der Waals surface area contributed by atoms with Crippen molar-refractivity contribution in [2.75, 3.05) is 6.54 Å². The van der Waals surface area contributed by atoms with Crippen LogP contribution < -0.4 is 5.43 Å². The Kier molecular flexibility index (Phi) is 5.81. The van der Waals surface area contributed by atoms with Crippen LogP contribution in [0.3, 0.4) is 0 Å². The first-order valence-corrected chi connectivity index (χ1v) is 10.3. The van der Waals surface area contributed by atoms with Crippen molar-refractivity contribution in [3.63, 3.8) is 0 Å². The van der Waals surface area contributed by atoms with Gasteiger partial charge >= 0.3 is 0 Å². The molecule has 1 saturated heterocycles. The summed E-state index contributed by atoms with van der Waals surface area (Å²) in [6.45, 7) is 0.276. The van der Waals surface area contributed by atoms with Crippen LogP contribution in [0.2, 0.25) is 5.02 Å². The number of hydrogen-bond acceptors (Lipinski definition) is 5. The van der Waals surface area contributed by atoms with Crippen LogP contribution in [0.25, 0.3) is 0 Å². The highest BCUT2D eigenvalue weighted by Gasteiger charge is 2.39. The van der Waals surface area contributed by atoms with E-state index in [0.717, 1.165) is 0 Å². The summed E-state index contributed by atoms with van der Waals surface area (Å²) < 4.78 is 32.6. The molecule has 1 atom stereocenters. The molecule has 1 N–H and O–H groups in total. The molecule has 7 nitrogen and oxygen atoms in total. The van der Waals surface area contributed by atoms with Crippen molar-refractivity contribution in [2.24, 2.45) is 5.10 Å². The highest BCUT2D eigenvalue weighted by molar-refractivity contribution is 9.10. The minimum absolute atomic E-state index is 0.102. The summed E-state index contributed by atoms with van der Waals surface area (Å²) in [4.78, 5) is 12.5. The number of furan rings is 1. The summed E-state index contributed by atoms with van der Waals surface area (Å²) in [6, 6.07) is 8.43. The van der Waals surface area contributed by atoms with Crippen molar-refractivity contribution in [1.29, 1.82) is 0 Å². The number of sulfonamides is 1. The molecule has 10 heteroatoms. The molecule has 1 aliphatic rings. The number of hydrogen-bond donors (Lipinski definition) is 1. The number of carbonyl (C=O) groups excluding carboxylic acids is 1. The molecule has 0 spiro atoms. The molecule has 1 aliphatic heterocycles. The van der Waals surface area contributed by atoms with Crippen molar-refractivity contribution >= 4 is 49.7 Å². The van der Waals surface area contributed by atoms with Gasteiger partial charge in [0.1, 0.15) is 11.8 Å². The molecule has 3 rings (SSSR count). The summed E-state index contributed by atoms with van der Waals surface area (Å²) in [6.07, 6.45) is 2.37. The molecule has 1 aromatic heterocycles. The number of halogens is 2. The number of nitrogens with one attached hydrogen (secondary N) is 1. The predicted octanol–water partition coefficient (Wildman–Crippen LogP) is 3.00. The minimum atomic E-state index is -3.79. The third-order valence-corrected chi connectivity index (χ3v) is 6.49. The van der Waals surface area contributed by atoms with Crippen LogP contribution >= 0.6 is 27.5 Å². The van der Waals surface area contributed by atoms with Gasteiger partial charge in [-0.3, -0.25) is 4.79 Å². The van der Waals surface area contributed by atoms with Gasteiger partial charge in [-0.1, -0.05) is 11.6 Å². The Labute approximate surface area is 164 Å². The van der Waals surface area contributed by atoms with Gasteiger partial charge in [0.25, 0.3) is 5.91 Å². The van der Waals surface area contributed by atoms with E-state index in [0.29, 0.717) is 28.3 Å². The molecule has 0 aliphatic carbocycles. The molecule has 2 aromatic rings. The lowest BCUT2D eigenvalue weighted by Gasteiger charge is -2.22. The summed E-state index contributed by atoms with van der Waals surface area (Å²) in [5, 5.41) is 4.27. The number of benzene rings is 1. The Morgan fingerprint density at radius 2 is 2.04 bits per heavy atom. The Morgan fingerprint density at radius 1 is 1.31 bits per heavy atom. The third kappa shape index (κ3) is 4.17. The molecule has 1 unspecified atom stereocenters. The zero-order valence-electron chi connectivity index (χ0n) is 13.4. The highest BCUT2D eigenvalue weighted by atomic mass is 79.9. The van der Waals surface area contributed by atoms with Gasteiger partial charge in [-0.2, -0.15) is 9.41 Å². The molecule has 0 radical (unpaired) electrons. The number of carbonyl (C=O) groups is 1. The number of nitrogens with zero attached hydrogens (tertiary/aromatic N) is 2. The van der Waals surface area contributed by atoms with Crippen LogP contribution in [0.4, 0.5) is 0 Å². The smallest absolute Gasteiger partial charge is 0.258 e. The lowest BCUT2D eigenvalue weighted by Crippen LogP contribution is -2.44. The Hall–Kier alpha value is -1.68. The van der Waals surface area contributed by atoms with E-state index < -0.39 is 22.0 Å². The molecule has 1 aromatic carbocycles. The van der Waals surface area contributed by atoms with E-state index in [2.05, 4.69) is 26.5 Å². The summed E-state index contributed by atoms with van der Waals surface area (Å²) in [7, 11) is -3.79. The normalized spacial score (nSPS) is 18.5. The summed E-state index contributed by atoms with van der Waals surface area (Å²) in [5.74, 6) is -0.0313. The van der Waals surface area contributed by atoms with Crippen molar-refractivity contribution in [2.45, 2.75) is 23.8 Å². The Bertz CT molecular complexity index is 927. The molecule has 2 heterocycles.